The number of rotatable bonds is 7. The Labute approximate surface area is 97.0 Å². The Hall–Kier alpha value is -1.19. The van der Waals surface area contributed by atoms with E-state index in [4.69, 9.17) is 5.73 Å². The summed E-state index contributed by atoms with van der Waals surface area (Å²) in [4.78, 5) is 11.2. The lowest BCUT2D eigenvalue weighted by Crippen LogP contribution is -2.38. The lowest BCUT2D eigenvalue weighted by atomic mass is 10.1. The average molecular weight is 220 g/mol. The Balaban J connectivity index is 2.15. The van der Waals surface area contributed by atoms with Crippen LogP contribution >= 0.6 is 0 Å². The molecular formula is C13H20N2O. The maximum absolute atomic E-state index is 11.2. The molecule has 0 heterocycles. The second kappa shape index (κ2) is 7.14. The molecule has 0 spiro atoms. The van der Waals surface area contributed by atoms with Crippen LogP contribution in [-0.4, -0.2) is 24.9 Å². The lowest BCUT2D eigenvalue weighted by molar-refractivity contribution is -0.119. The highest BCUT2D eigenvalue weighted by Crippen LogP contribution is 2.01. The van der Waals surface area contributed by atoms with Gasteiger partial charge in [0.15, 0.2) is 5.78 Å². The first kappa shape index (κ1) is 12.9. The first-order chi connectivity index (χ1) is 7.74. The molecule has 1 atom stereocenters. The molecule has 1 unspecified atom stereocenters. The van der Waals surface area contributed by atoms with Crippen LogP contribution < -0.4 is 11.1 Å². The molecule has 0 saturated heterocycles. The van der Waals surface area contributed by atoms with Crippen molar-refractivity contribution in [2.24, 2.45) is 5.73 Å². The SMILES string of the molecule is CC(NCCCc1ccccc1)C(=O)CN. The van der Waals surface area contributed by atoms with Crippen LogP contribution in [0.5, 0.6) is 0 Å². The van der Waals surface area contributed by atoms with Crippen LogP contribution in [0.4, 0.5) is 0 Å². The third kappa shape index (κ3) is 4.55. The van der Waals surface area contributed by atoms with E-state index in [1.54, 1.807) is 0 Å². The van der Waals surface area contributed by atoms with E-state index in [-0.39, 0.29) is 18.4 Å². The van der Waals surface area contributed by atoms with E-state index in [1.165, 1.54) is 5.56 Å². The van der Waals surface area contributed by atoms with E-state index in [0.29, 0.717) is 0 Å². The van der Waals surface area contributed by atoms with E-state index in [9.17, 15) is 4.79 Å². The molecule has 16 heavy (non-hydrogen) atoms. The van der Waals surface area contributed by atoms with Crippen molar-refractivity contribution < 1.29 is 4.79 Å². The summed E-state index contributed by atoms with van der Waals surface area (Å²) in [6, 6.07) is 10.2. The number of aryl methyl sites for hydroxylation is 1. The van der Waals surface area contributed by atoms with Crippen molar-refractivity contribution in [3.05, 3.63) is 35.9 Å². The normalized spacial score (nSPS) is 12.4. The van der Waals surface area contributed by atoms with Crippen molar-refractivity contribution >= 4 is 5.78 Å². The van der Waals surface area contributed by atoms with E-state index in [2.05, 4.69) is 17.4 Å². The number of Topliss-reactive ketones (excluding diaryl/α,β-unsaturated/α-hetero) is 1. The molecular weight excluding hydrogens is 200 g/mol. The fourth-order valence-corrected chi connectivity index (χ4v) is 1.55. The highest BCUT2D eigenvalue weighted by Gasteiger charge is 2.08. The van der Waals surface area contributed by atoms with Gasteiger partial charge >= 0.3 is 0 Å². The van der Waals surface area contributed by atoms with Crippen molar-refractivity contribution in [1.29, 1.82) is 0 Å². The minimum Gasteiger partial charge on any atom is -0.324 e. The zero-order chi connectivity index (χ0) is 11.8. The molecule has 88 valence electrons. The summed E-state index contributed by atoms with van der Waals surface area (Å²) in [5.74, 6) is 0.0692. The molecule has 1 aromatic carbocycles. The summed E-state index contributed by atoms with van der Waals surface area (Å²) in [7, 11) is 0. The molecule has 1 rings (SSSR count). The zero-order valence-electron chi connectivity index (χ0n) is 9.78. The second-order valence-corrected chi connectivity index (χ2v) is 3.94. The van der Waals surface area contributed by atoms with Gasteiger partial charge in [0.05, 0.1) is 12.6 Å². The Morgan fingerprint density at radius 2 is 2.06 bits per heavy atom. The molecule has 1 aromatic rings. The molecule has 0 bridgehead atoms. The summed E-state index contributed by atoms with van der Waals surface area (Å²) in [5.41, 5.74) is 6.61. The maximum atomic E-state index is 11.2. The minimum atomic E-state index is -0.124. The average Bonchev–Trinajstić information content (AvgIpc) is 2.34. The molecule has 3 N–H and O–H groups in total. The molecule has 0 amide bonds. The molecule has 0 aliphatic rings. The zero-order valence-corrected chi connectivity index (χ0v) is 9.78. The van der Waals surface area contributed by atoms with Gasteiger partial charge in [0, 0.05) is 0 Å². The van der Waals surface area contributed by atoms with Crippen LogP contribution in [0.2, 0.25) is 0 Å². The van der Waals surface area contributed by atoms with Gasteiger partial charge in [-0.15, -0.1) is 0 Å². The van der Waals surface area contributed by atoms with Crippen LogP contribution in [-0.2, 0) is 11.2 Å². The quantitative estimate of drug-likeness (QED) is 0.677. The number of nitrogens with one attached hydrogen (secondary N) is 1. The Morgan fingerprint density at radius 1 is 1.38 bits per heavy atom. The topological polar surface area (TPSA) is 55.1 Å². The number of ketones is 1. The van der Waals surface area contributed by atoms with E-state index in [1.807, 2.05) is 25.1 Å². The Bertz CT molecular complexity index is 311. The van der Waals surface area contributed by atoms with Gasteiger partial charge in [0.1, 0.15) is 0 Å². The smallest absolute Gasteiger partial charge is 0.162 e. The highest BCUT2D eigenvalue weighted by atomic mass is 16.1. The van der Waals surface area contributed by atoms with Crippen LogP contribution in [0.1, 0.15) is 18.9 Å². The summed E-state index contributed by atoms with van der Waals surface area (Å²) in [6.45, 7) is 2.83. The van der Waals surface area contributed by atoms with Gasteiger partial charge in [-0.2, -0.15) is 0 Å². The third-order valence-corrected chi connectivity index (χ3v) is 2.62. The van der Waals surface area contributed by atoms with Crippen LogP contribution in [0, 0.1) is 0 Å². The molecule has 0 aliphatic carbocycles. The van der Waals surface area contributed by atoms with Crippen molar-refractivity contribution in [3.8, 4) is 0 Å². The van der Waals surface area contributed by atoms with Crippen molar-refractivity contribution in [1.82, 2.24) is 5.32 Å². The van der Waals surface area contributed by atoms with Gasteiger partial charge in [0.2, 0.25) is 0 Å². The van der Waals surface area contributed by atoms with Crippen molar-refractivity contribution in [2.45, 2.75) is 25.8 Å². The number of benzene rings is 1. The number of hydrogen-bond donors (Lipinski definition) is 2. The summed E-state index contributed by atoms with van der Waals surface area (Å²) >= 11 is 0. The predicted molar refractivity (Wildman–Crippen MR) is 66.3 cm³/mol. The molecule has 0 radical (unpaired) electrons. The predicted octanol–water partition coefficient (Wildman–Crippen LogP) is 1.13. The molecule has 0 saturated carbocycles. The molecule has 3 nitrogen and oxygen atoms in total. The van der Waals surface area contributed by atoms with Gasteiger partial charge in [-0.05, 0) is 31.9 Å². The Morgan fingerprint density at radius 3 is 2.69 bits per heavy atom. The van der Waals surface area contributed by atoms with Gasteiger partial charge in [-0.1, -0.05) is 30.3 Å². The number of carbonyl (C=O) groups is 1. The Kier molecular flexibility index (Phi) is 5.75. The number of nitrogens with two attached hydrogens (primary N) is 1. The van der Waals surface area contributed by atoms with Crippen LogP contribution in [0.3, 0.4) is 0 Å². The van der Waals surface area contributed by atoms with E-state index < -0.39 is 0 Å². The van der Waals surface area contributed by atoms with Crippen molar-refractivity contribution in [2.75, 3.05) is 13.1 Å². The second-order valence-electron chi connectivity index (χ2n) is 3.94. The summed E-state index contributed by atoms with van der Waals surface area (Å²) in [5, 5.41) is 3.17. The lowest BCUT2D eigenvalue weighted by Gasteiger charge is -2.11. The first-order valence-corrected chi connectivity index (χ1v) is 5.74. The standard InChI is InChI=1S/C13H20N2O/c1-11(13(16)10-14)15-9-5-8-12-6-3-2-4-7-12/h2-4,6-7,11,15H,5,8-10,14H2,1H3. The van der Waals surface area contributed by atoms with Crippen LogP contribution in [0.25, 0.3) is 0 Å². The number of hydrogen-bond acceptors (Lipinski definition) is 3. The number of carbonyl (C=O) groups excluding carboxylic acids is 1. The van der Waals surface area contributed by atoms with Gasteiger partial charge in [-0.25, -0.2) is 0 Å². The highest BCUT2D eigenvalue weighted by molar-refractivity contribution is 5.85. The largest absolute Gasteiger partial charge is 0.324 e. The van der Waals surface area contributed by atoms with Gasteiger partial charge < -0.3 is 11.1 Å². The summed E-state index contributed by atoms with van der Waals surface area (Å²) in [6.07, 6.45) is 2.07. The fourth-order valence-electron chi connectivity index (χ4n) is 1.55. The van der Waals surface area contributed by atoms with Crippen molar-refractivity contribution in [3.63, 3.8) is 0 Å². The minimum absolute atomic E-state index is 0.0692. The molecule has 0 fully saturated rings. The van der Waals surface area contributed by atoms with E-state index in [0.717, 1.165) is 19.4 Å². The molecule has 0 aliphatic heterocycles. The van der Waals surface area contributed by atoms with E-state index >= 15 is 0 Å². The summed E-state index contributed by atoms with van der Waals surface area (Å²) < 4.78 is 0. The maximum Gasteiger partial charge on any atom is 0.162 e. The molecule has 0 aromatic heterocycles. The van der Waals surface area contributed by atoms with Gasteiger partial charge in [-0.3, -0.25) is 4.79 Å². The first-order valence-electron chi connectivity index (χ1n) is 5.74. The monoisotopic (exact) mass is 220 g/mol. The van der Waals surface area contributed by atoms with Crippen LogP contribution in [0.15, 0.2) is 30.3 Å². The third-order valence-electron chi connectivity index (χ3n) is 2.62. The fraction of sp³-hybridized carbons (Fsp3) is 0.462. The molecule has 3 heteroatoms. The van der Waals surface area contributed by atoms with Gasteiger partial charge in [0.25, 0.3) is 0 Å².